The van der Waals surface area contributed by atoms with E-state index in [9.17, 15) is 15.0 Å². The fourth-order valence-corrected chi connectivity index (χ4v) is 5.68. The van der Waals surface area contributed by atoms with Crippen LogP contribution in [0.15, 0.2) is 18.2 Å². The van der Waals surface area contributed by atoms with Crippen LogP contribution in [0.25, 0.3) is 10.8 Å². The van der Waals surface area contributed by atoms with Crippen molar-refractivity contribution in [2.75, 3.05) is 21.0 Å². The second-order valence-corrected chi connectivity index (χ2v) is 9.93. The van der Waals surface area contributed by atoms with Crippen molar-refractivity contribution in [2.45, 2.75) is 76.0 Å². The standard InChI is InChI=1S/C26H32O10/c1-13-9-17(27)24(32-12-30-4)26(33-13)21-16(10-14(34-26)11-19(28)29)22(31-5)15-7-6-8-18-20(15)23(21)36-25(2,3)35-18/h6-8,13-14,17,24,27H,9-12H2,1-5H3,(H,28,29)/t13-,14+,17-,24-,26-/m0/s1. The van der Waals surface area contributed by atoms with Crippen LogP contribution in [-0.4, -0.2) is 67.4 Å². The van der Waals surface area contributed by atoms with Gasteiger partial charge in [-0.15, -0.1) is 0 Å². The summed E-state index contributed by atoms with van der Waals surface area (Å²) in [5.74, 6) is -2.13. The van der Waals surface area contributed by atoms with E-state index in [1.807, 2.05) is 25.1 Å². The molecule has 0 unspecified atom stereocenters. The zero-order valence-electron chi connectivity index (χ0n) is 21.0. The van der Waals surface area contributed by atoms with Gasteiger partial charge in [-0.05, 0) is 13.0 Å². The van der Waals surface area contributed by atoms with Crippen molar-refractivity contribution in [3.63, 3.8) is 0 Å². The number of fused-ring (bicyclic) bond motifs is 3. The molecule has 10 heteroatoms. The van der Waals surface area contributed by atoms with Crippen molar-refractivity contribution < 1.29 is 48.2 Å². The summed E-state index contributed by atoms with van der Waals surface area (Å²) in [6.45, 7) is 5.29. The average molecular weight is 505 g/mol. The molecule has 10 nitrogen and oxygen atoms in total. The molecule has 2 aromatic carbocycles. The molecule has 1 spiro atoms. The quantitative estimate of drug-likeness (QED) is 0.568. The lowest BCUT2D eigenvalue weighted by atomic mass is 9.80. The van der Waals surface area contributed by atoms with E-state index in [1.54, 1.807) is 21.0 Å². The van der Waals surface area contributed by atoms with Gasteiger partial charge in [0.05, 0.1) is 42.8 Å². The number of hydrogen-bond acceptors (Lipinski definition) is 9. The number of aliphatic hydroxyl groups excluding tert-OH is 1. The first kappa shape index (κ1) is 25.0. The van der Waals surface area contributed by atoms with Gasteiger partial charge >= 0.3 is 5.97 Å². The first-order valence-corrected chi connectivity index (χ1v) is 12.0. The topological polar surface area (TPSA) is 122 Å². The van der Waals surface area contributed by atoms with Crippen LogP contribution in [0.2, 0.25) is 0 Å². The number of carboxylic acids is 1. The van der Waals surface area contributed by atoms with Gasteiger partial charge < -0.3 is 43.4 Å². The summed E-state index contributed by atoms with van der Waals surface area (Å²) in [7, 11) is 3.04. The van der Waals surface area contributed by atoms with Crippen LogP contribution in [0.3, 0.4) is 0 Å². The number of carbonyl (C=O) groups is 1. The number of aliphatic carboxylic acids is 1. The van der Waals surface area contributed by atoms with Crippen molar-refractivity contribution in [1.29, 1.82) is 0 Å². The Bertz CT molecular complexity index is 1180. The summed E-state index contributed by atoms with van der Waals surface area (Å²) in [6.07, 6.45) is -3.00. The molecule has 0 amide bonds. The normalized spacial score (nSPS) is 30.4. The lowest BCUT2D eigenvalue weighted by molar-refractivity contribution is -0.379. The van der Waals surface area contributed by atoms with E-state index in [1.165, 1.54) is 7.11 Å². The predicted molar refractivity (Wildman–Crippen MR) is 126 cm³/mol. The Morgan fingerprint density at radius 1 is 1.19 bits per heavy atom. The van der Waals surface area contributed by atoms with Crippen LogP contribution in [0.4, 0.5) is 0 Å². The molecule has 3 aliphatic heterocycles. The van der Waals surface area contributed by atoms with Gasteiger partial charge in [-0.3, -0.25) is 4.79 Å². The first-order valence-electron chi connectivity index (χ1n) is 12.0. The minimum Gasteiger partial charge on any atom is -0.496 e. The molecule has 0 saturated carbocycles. The highest BCUT2D eigenvalue weighted by Crippen LogP contribution is 2.58. The zero-order chi connectivity index (χ0) is 25.8. The number of ether oxygens (including phenoxy) is 7. The Balaban J connectivity index is 1.86. The minimum absolute atomic E-state index is 0.135. The smallest absolute Gasteiger partial charge is 0.305 e. The molecule has 0 aromatic heterocycles. The maximum absolute atomic E-state index is 11.8. The summed E-state index contributed by atoms with van der Waals surface area (Å²) < 4.78 is 42.6. The monoisotopic (exact) mass is 504 g/mol. The SMILES string of the molecule is COCO[C@H]1[C@@H](O)C[C@H](C)O[C@@]12O[C@@H](CC(=O)O)Cc1c2c2c3c(cccc3c1OC)OC(C)(C)O2. The van der Waals surface area contributed by atoms with Crippen LogP contribution >= 0.6 is 0 Å². The molecule has 2 N–H and O–H groups in total. The molecule has 36 heavy (non-hydrogen) atoms. The summed E-state index contributed by atoms with van der Waals surface area (Å²) in [6, 6.07) is 5.62. The lowest BCUT2D eigenvalue weighted by Crippen LogP contribution is -2.61. The molecule has 1 saturated heterocycles. The summed E-state index contributed by atoms with van der Waals surface area (Å²) in [5.41, 5.74) is 1.18. The van der Waals surface area contributed by atoms with Crippen molar-refractivity contribution in [2.24, 2.45) is 0 Å². The third kappa shape index (κ3) is 3.97. The number of carboxylic acid groups (broad SMARTS) is 1. The number of benzene rings is 2. The highest BCUT2D eigenvalue weighted by molar-refractivity contribution is 6.01. The molecule has 0 bridgehead atoms. The van der Waals surface area contributed by atoms with Crippen molar-refractivity contribution in [3.05, 3.63) is 29.3 Å². The van der Waals surface area contributed by atoms with Crippen LogP contribution in [0, 0.1) is 0 Å². The summed E-state index contributed by atoms with van der Waals surface area (Å²) >= 11 is 0. The molecule has 0 radical (unpaired) electrons. The number of methoxy groups -OCH3 is 2. The molecule has 1 fully saturated rings. The van der Waals surface area contributed by atoms with Gasteiger partial charge in [-0.2, -0.15) is 0 Å². The van der Waals surface area contributed by atoms with Crippen LogP contribution in [0.5, 0.6) is 17.2 Å². The second kappa shape index (κ2) is 9.04. The van der Waals surface area contributed by atoms with Gasteiger partial charge in [0, 0.05) is 44.7 Å². The molecule has 3 heterocycles. The number of hydrogen-bond donors (Lipinski definition) is 2. The van der Waals surface area contributed by atoms with E-state index < -0.39 is 42.0 Å². The maximum Gasteiger partial charge on any atom is 0.305 e. The van der Waals surface area contributed by atoms with E-state index in [0.717, 1.165) is 5.39 Å². The van der Waals surface area contributed by atoms with E-state index in [4.69, 9.17) is 33.2 Å². The molecule has 2 aromatic rings. The zero-order valence-corrected chi connectivity index (χ0v) is 21.0. The highest BCUT2D eigenvalue weighted by atomic mass is 16.8. The van der Waals surface area contributed by atoms with E-state index in [0.29, 0.717) is 40.2 Å². The Hall–Kier alpha value is -2.63. The lowest BCUT2D eigenvalue weighted by Gasteiger charge is -2.52. The summed E-state index contributed by atoms with van der Waals surface area (Å²) in [4.78, 5) is 11.8. The third-order valence-corrected chi connectivity index (χ3v) is 6.77. The van der Waals surface area contributed by atoms with Crippen LogP contribution < -0.4 is 14.2 Å². The second-order valence-electron chi connectivity index (χ2n) is 9.93. The fourth-order valence-electron chi connectivity index (χ4n) is 5.68. The Kier molecular flexibility index (Phi) is 6.29. The van der Waals surface area contributed by atoms with Crippen LogP contribution in [-0.2, 0) is 35.9 Å². The molecule has 5 atom stereocenters. The predicted octanol–water partition coefficient (Wildman–Crippen LogP) is 3.08. The molecule has 0 aliphatic carbocycles. The molecule has 3 aliphatic rings. The Morgan fingerprint density at radius 2 is 1.97 bits per heavy atom. The van der Waals surface area contributed by atoms with Gasteiger partial charge in [0.25, 0.3) is 0 Å². The molecular formula is C26H32O10. The van der Waals surface area contributed by atoms with Crippen LogP contribution in [0.1, 0.15) is 44.7 Å². The number of aliphatic hydroxyl groups is 1. The van der Waals surface area contributed by atoms with E-state index in [-0.39, 0.29) is 19.6 Å². The van der Waals surface area contributed by atoms with Crippen molar-refractivity contribution in [3.8, 4) is 17.2 Å². The van der Waals surface area contributed by atoms with Gasteiger partial charge in [0.15, 0.2) is 0 Å². The van der Waals surface area contributed by atoms with Gasteiger partial charge in [0.1, 0.15) is 30.1 Å². The Morgan fingerprint density at radius 3 is 2.67 bits per heavy atom. The molecular weight excluding hydrogens is 472 g/mol. The molecule has 196 valence electrons. The van der Waals surface area contributed by atoms with E-state index in [2.05, 4.69) is 0 Å². The largest absolute Gasteiger partial charge is 0.496 e. The third-order valence-electron chi connectivity index (χ3n) is 6.77. The first-order chi connectivity index (χ1) is 17.1. The molecule has 5 rings (SSSR count). The van der Waals surface area contributed by atoms with Crippen molar-refractivity contribution in [1.82, 2.24) is 0 Å². The maximum atomic E-state index is 11.8. The minimum atomic E-state index is -1.69. The van der Waals surface area contributed by atoms with Gasteiger partial charge in [-0.1, -0.05) is 12.1 Å². The summed E-state index contributed by atoms with van der Waals surface area (Å²) in [5, 5.41) is 22.3. The van der Waals surface area contributed by atoms with Crippen molar-refractivity contribution >= 4 is 16.7 Å². The Labute approximate surface area is 208 Å². The van der Waals surface area contributed by atoms with Gasteiger partial charge in [0.2, 0.25) is 11.6 Å². The average Bonchev–Trinajstić information content (AvgIpc) is 2.77. The van der Waals surface area contributed by atoms with E-state index >= 15 is 0 Å². The highest BCUT2D eigenvalue weighted by Gasteiger charge is 2.59. The number of rotatable bonds is 6. The fraction of sp³-hybridized carbons (Fsp3) is 0.577. The van der Waals surface area contributed by atoms with Gasteiger partial charge in [-0.25, -0.2) is 0 Å².